The number of aryl methyl sites for hydroxylation is 4. The molecule has 6 nitrogen and oxygen atoms in total. The zero-order valence-corrected chi connectivity index (χ0v) is 19.1. The molecule has 2 aromatic rings. The van der Waals surface area contributed by atoms with Gasteiger partial charge in [-0.15, -0.1) is 0 Å². The molecule has 0 radical (unpaired) electrons. The van der Waals surface area contributed by atoms with Gasteiger partial charge in [-0.1, -0.05) is 31.5 Å². The number of anilines is 2. The van der Waals surface area contributed by atoms with Crippen LogP contribution < -0.4 is 10.2 Å². The number of aromatic nitrogens is 2. The molecule has 1 aromatic heterocycles. The number of carbonyl (C=O) groups is 1. The molecular weight excluding hydrogens is 376 g/mol. The van der Waals surface area contributed by atoms with Gasteiger partial charge in [0.15, 0.2) is 5.69 Å². The molecule has 6 heteroatoms. The van der Waals surface area contributed by atoms with Crippen molar-refractivity contribution in [1.82, 2.24) is 14.9 Å². The highest BCUT2D eigenvalue weighted by Gasteiger charge is 2.31. The number of carboxylic acids is 1. The second kappa shape index (κ2) is 9.65. The lowest BCUT2D eigenvalue weighted by atomic mass is 10.0. The smallest absolute Gasteiger partial charge is 0.354 e. The first-order valence-corrected chi connectivity index (χ1v) is 11.3. The van der Waals surface area contributed by atoms with Crippen LogP contribution in [-0.2, 0) is 13.0 Å². The molecule has 2 N–H and O–H groups in total. The van der Waals surface area contributed by atoms with E-state index in [1.165, 1.54) is 49.0 Å². The normalized spacial score (nSPS) is 15.0. The Morgan fingerprint density at radius 1 is 1.17 bits per heavy atom. The van der Waals surface area contributed by atoms with Gasteiger partial charge < -0.3 is 19.9 Å². The van der Waals surface area contributed by atoms with E-state index in [9.17, 15) is 9.90 Å². The third-order valence-corrected chi connectivity index (χ3v) is 5.81. The molecule has 0 bridgehead atoms. The van der Waals surface area contributed by atoms with E-state index in [2.05, 4.69) is 55.0 Å². The minimum Gasteiger partial charge on any atom is -0.477 e. The molecule has 1 aromatic carbocycles. The second-order valence-corrected chi connectivity index (χ2v) is 8.56. The molecule has 1 saturated carbocycles. The van der Waals surface area contributed by atoms with Crippen LogP contribution in [0.4, 0.5) is 11.6 Å². The fraction of sp³-hybridized carbons (Fsp3) is 0.583. The number of imidazole rings is 1. The predicted octanol–water partition coefficient (Wildman–Crippen LogP) is 4.62. The second-order valence-electron chi connectivity index (χ2n) is 8.56. The molecule has 2 heterocycles. The van der Waals surface area contributed by atoms with Crippen molar-refractivity contribution >= 4 is 17.6 Å². The molecule has 0 saturated heterocycles. The molecule has 0 unspecified atom stereocenters. The Morgan fingerprint density at radius 3 is 2.37 bits per heavy atom. The van der Waals surface area contributed by atoms with E-state index in [1.54, 1.807) is 0 Å². The molecule has 4 rings (SSSR count). The van der Waals surface area contributed by atoms with Crippen molar-refractivity contribution < 1.29 is 9.90 Å². The molecule has 1 aliphatic heterocycles. The lowest BCUT2D eigenvalue weighted by molar-refractivity contribution is 0.0684. The molecule has 1 aliphatic carbocycles. The van der Waals surface area contributed by atoms with Crippen molar-refractivity contribution in [1.29, 1.82) is 0 Å². The lowest BCUT2D eigenvalue weighted by Gasteiger charge is -2.22. The zero-order valence-electron chi connectivity index (χ0n) is 19.1. The summed E-state index contributed by atoms with van der Waals surface area (Å²) in [4.78, 5) is 18.3. The van der Waals surface area contributed by atoms with Crippen molar-refractivity contribution in [3.8, 4) is 0 Å². The van der Waals surface area contributed by atoms with Crippen LogP contribution in [0.15, 0.2) is 12.1 Å². The van der Waals surface area contributed by atoms with Gasteiger partial charge in [-0.2, -0.15) is 0 Å². The Labute approximate surface area is 180 Å². The average molecular weight is 413 g/mol. The highest BCUT2D eigenvalue weighted by Crippen LogP contribution is 2.36. The van der Waals surface area contributed by atoms with E-state index in [-0.39, 0.29) is 0 Å². The molecule has 0 atom stereocenters. The Balaban J connectivity index is 0.000000269. The summed E-state index contributed by atoms with van der Waals surface area (Å²) in [6.07, 6.45) is 4.83. The number of nitrogens with one attached hydrogen (secondary N) is 1. The molecule has 1 fully saturated rings. The van der Waals surface area contributed by atoms with Gasteiger partial charge in [0.05, 0.1) is 5.69 Å². The minimum absolute atomic E-state index is 0.336. The van der Waals surface area contributed by atoms with Crippen LogP contribution >= 0.6 is 0 Å². The molecule has 164 valence electrons. The third-order valence-electron chi connectivity index (χ3n) is 5.81. The molecule has 30 heavy (non-hydrogen) atoms. The summed E-state index contributed by atoms with van der Waals surface area (Å²) in [6.45, 7) is 14.3. The Bertz CT molecular complexity index is 876. The summed E-state index contributed by atoms with van der Waals surface area (Å²) in [7, 11) is 0. The van der Waals surface area contributed by atoms with Crippen molar-refractivity contribution in [3.05, 3.63) is 40.2 Å². The molecule has 2 aliphatic rings. The maximum Gasteiger partial charge on any atom is 0.354 e. The Kier molecular flexibility index (Phi) is 7.19. The summed E-state index contributed by atoms with van der Waals surface area (Å²) in [5, 5.41) is 12.9. The van der Waals surface area contributed by atoms with Crippen LogP contribution in [0.5, 0.6) is 0 Å². The lowest BCUT2D eigenvalue weighted by Crippen LogP contribution is -2.17. The number of fused-ring (bicyclic) bond motifs is 1. The van der Waals surface area contributed by atoms with Gasteiger partial charge in [0, 0.05) is 18.8 Å². The van der Waals surface area contributed by atoms with Gasteiger partial charge >= 0.3 is 5.97 Å². The Hall–Kier alpha value is -2.34. The summed E-state index contributed by atoms with van der Waals surface area (Å²) in [5.41, 5.74) is 5.78. The van der Waals surface area contributed by atoms with Gasteiger partial charge in [-0.25, -0.2) is 9.78 Å². The first kappa shape index (κ1) is 22.3. The maximum absolute atomic E-state index is 11.5. The van der Waals surface area contributed by atoms with Crippen LogP contribution in [0, 0.1) is 26.7 Å². The van der Waals surface area contributed by atoms with Crippen LogP contribution in [-0.4, -0.2) is 40.3 Å². The van der Waals surface area contributed by atoms with Crippen molar-refractivity contribution in [2.45, 2.75) is 66.8 Å². The summed E-state index contributed by atoms with van der Waals surface area (Å²) in [6, 6.07) is 4.32. The SMILES string of the molecule is CCCNCC1CC1.CCc1nc2n(c1C(=O)O)CCN2c1c(C)cc(C)cc1C. The number of nitrogens with zero attached hydrogens (tertiary/aromatic N) is 3. The number of hydrogen-bond acceptors (Lipinski definition) is 4. The highest BCUT2D eigenvalue weighted by molar-refractivity contribution is 5.88. The van der Waals surface area contributed by atoms with Gasteiger partial charge in [0.25, 0.3) is 0 Å². The maximum atomic E-state index is 11.5. The van der Waals surface area contributed by atoms with E-state index >= 15 is 0 Å². The Morgan fingerprint density at radius 2 is 1.83 bits per heavy atom. The quantitative estimate of drug-likeness (QED) is 0.650. The van der Waals surface area contributed by atoms with Gasteiger partial charge in [-0.3, -0.25) is 0 Å². The molecule has 0 spiro atoms. The standard InChI is InChI=1S/C17H21N3O2.C7H15N/c1-5-13-15(16(21)22)20-7-6-19(17(20)18-13)14-11(3)8-10(2)9-12(14)4;1-2-5-8-6-7-3-4-7/h8-9H,5-7H2,1-4H3,(H,21,22);7-8H,2-6H2,1H3. The van der Waals surface area contributed by atoms with Gasteiger partial charge in [0.2, 0.25) is 5.95 Å². The van der Waals surface area contributed by atoms with E-state index in [4.69, 9.17) is 0 Å². The first-order valence-electron chi connectivity index (χ1n) is 11.3. The van der Waals surface area contributed by atoms with Crippen molar-refractivity contribution in [3.63, 3.8) is 0 Å². The van der Waals surface area contributed by atoms with E-state index in [0.29, 0.717) is 24.4 Å². The molecular formula is C24H36N4O2. The highest BCUT2D eigenvalue weighted by atomic mass is 16.4. The number of aromatic carboxylic acids is 1. The summed E-state index contributed by atoms with van der Waals surface area (Å²) in [5.74, 6) is 0.903. The van der Waals surface area contributed by atoms with Crippen LogP contribution in [0.2, 0.25) is 0 Å². The van der Waals surface area contributed by atoms with Crippen molar-refractivity contribution in [2.75, 3.05) is 24.5 Å². The van der Waals surface area contributed by atoms with Crippen LogP contribution in [0.25, 0.3) is 0 Å². The molecule has 0 amide bonds. The number of benzene rings is 1. The van der Waals surface area contributed by atoms with Crippen LogP contribution in [0.3, 0.4) is 0 Å². The van der Waals surface area contributed by atoms with Crippen LogP contribution in [0.1, 0.15) is 66.0 Å². The summed E-state index contributed by atoms with van der Waals surface area (Å²) >= 11 is 0. The van der Waals surface area contributed by atoms with E-state index in [0.717, 1.165) is 24.1 Å². The van der Waals surface area contributed by atoms with Gasteiger partial charge in [0.1, 0.15) is 0 Å². The van der Waals surface area contributed by atoms with E-state index in [1.807, 2.05) is 11.5 Å². The average Bonchev–Trinajstić information content (AvgIpc) is 3.30. The fourth-order valence-corrected chi connectivity index (χ4v) is 4.31. The minimum atomic E-state index is -0.894. The number of hydrogen-bond donors (Lipinski definition) is 2. The number of rotatable bonds is 7. The summed E-state index contributed by atoms with van der Waals surface area (Å²) < 4.78 is 1.83. The third kappa shape index (κ3) is 4.86. The largest absolute Gasteiger partial charge is 0.477 e. The first-order chi connectivity index (χ1) is 14.4. The monoisotopic (exact) mass is 412 g/mol. The van der Waals surface area contributed by atoms with E-state index < -0.39 is 5.97 Å². The van der Waals surface area contributed by atoms with Gasteiger partial charge in [-0.05, 0) is 76.6 Å². The topological polar surface area (TPSA) is 70.4 Å². The predicted molar refractivity (Wildman–Crippen MR) is 122 cm³/mol. The van der Waals surface area contributed by atoms with Crippen molar-refractivity contribution in [2.24, 2.45) is 5.92 Å². The zero-order chi connectivity index (χ0) is 21.8. The fourth-order valence-electron chi connectivity index (χ4n) is 4.31. The number of carboxylic acid groups (broad SMARTS) is 1.